The molecule has 0 spiro atoms. The summed E-state index contributed by atoms with van der Waals surface area (Å²) in [5.41, 5.74) is 9.75. The Bertz CT molecular complexity index is 3050. The number of unbranched alkanes of at least 4 members (excludes halogenated alkanes) is 7. The first-order valence-electron chi connectivity index (χ1n) is 23.2. The maximum Gasteiger partial charge on any atom is 0.164 e. The van der Waals surface area contributed by atoms with E-state index in [4.69, 9.17) is 34.6 Å². The van der Waals surface area contributed by atoms with Crippen LogP contribution in [0.25, 0.3) is 89.7 Å². The van der Waals surface area contributed by atoms with Gasteiger partial charge in [0.15, 0.2) is 23.3 Å². The van der Waals surface area contributed by atoms with Crippen LogP contribution in [0.2, 0.25) is 0 Å². The quantitative estimate of drug-likeness (QED) is 0.0875. The molecule has 10 heteroatoms. The number of nitrogens with zero attached hydrogens (tertiary/aromatic N) is 6. The third kappa shape index (κ3) is 8.78. The number of benzene rings is 4. The van der Waals surface area contributed by atoms with Crippen LogP contribution < -0.4 is 4.74 Å². The molecule has 8 bridgehead atoms. The van der Waals surface area contributed by atoms with Gasteiger partial charge in [0.1, 0.15) is 28.3 Å². The Kier molecular flexibility index (Phi) is 11.6. The van der Waals surface area contributed by atoms with Crippen LogP contribution in [0.1, 0.15) is 130 Å². The van der Waals surface area contributed by atoms with E-state index in [1.165, 1.54) is 55.2 Å². The van der Waals surface area contributed by atoms with Crippen LogP contribution in [0.4, 0.5) is 0 Å². The van der Waals surface area contributed by atoms with Gasteiger partial charge in [-0.1, -0.05) is 137 Å². The normalized spacial score (nSPS) is 12.8. The van der Waals surface area contributed by atoms with Gasteiger partial charge in [-0.15, -0.1) is 0 Å². The molecule has 0 amide bonds. The van der Waals surface area contributed by atoms with Crippen LogP contribution in [0.3, 0.4) is 0 Å². The molecule has 0 radical (unpaired) electrons. The number of fused-ring (bicyclic) bond motifs is 20. The second kappa shape index (κ2) is 17.1. The highest BCUT2D eigenvalue weighted by molar-refractivity contribution is 7.80. The lowest BCUT2D eigenvalue weighted by Crippen LogP contribution is -2.10. The zero-order valence-corrected chi connectivity index (χ0v) is 39.9. The summed E-state index contributed by atoms with van der Waals surface area (Å²) in [6.07, 6.45) is 9.77. The zero-order valence-electron chi connectivity index (χ0n) is 39.0. The Balaban J connectivity index is 1.26. The first-order valence-corrected chi connectivity index (χ1v) is 23.8. The van der Waals surface area contributed by atoms with E-state index in [2.05, 4.69) is 152 Å². The molecule has 0 unspecified atom stereocenters. The van der Waals surface area contributed by atoms with Crippen molar-refractivity contribution in [1.82, 2.24) is 39.9 Å². The summed E-state index contributed by atoms with van der Waals surface area (Å²) < 4.78 is 6.41. The monoisotopic (exact) mass is 870 g/mol. The molecule has 0 saturated carbocycles. The zero-order chi connectivity index (χ0) is 45.0. The molecular formula is C54H62N8OS. The minimum atomic E-state index is -0.0835. The number of aromatic nitrogens is 8. The van der Waals surface area contributed by atoms with Crippen molar-refractivity contribution in [3.63, 3.8) is 0 Å². The van der Waals surface area contributed by atoms with Crippen LogP contribution in [0, 0.1) is 0 Å². The molecule has 5 heterocycles. The molecule has 7 aromatic rings. The Morgan fingerprint density at radius 3 is 1.28 bits per heavy atom. The molecule has 0 atom stereocenters. The molecule has 330 valence electrons. The van der Waals surface area contributed by atoms with Crippen LogP contribution in [0.15, 0.2) is 72.8 Å². The van der Waals surface area contributed by atoms with Crippen LogP contribution in [-0.2, 0) is 16.2 Å². The topological polar surface area (TPSA) is 118 Å². The molecule has 9 nitrogen and oxygen atoms in total. The van der Waals surface area contributed by atoms with Gasteiger partial charge in [-0.2, -0.15) is 12.6 Å². The third-order valence-corrected chi connectivity index (χ3v) is 13.0. The molecule has 0 fully saturated rings. The van der Waals surface area contributed by atoms with E-state index >= 15 is 0 Å². The van der Waals surface area contributed by atoms with Gasteiger partial charge in [-0.05, 0) is 87.9 Å². The van der Waals surface area contributed by atoms with Gasteiger partial charge in [0.25, 0.3) is 0 Å². The van der Waals surface area contributed by atoms with Crippen molar-refractivity contribution >= 4 is 56.8 Å². The lowest BCUT2D eigenvalue weighted by molar-refractivity contribution is 0.304. The fourth-order valence-electron chi connectivity index (χ4n) is 8.73. The molecule has 2 aliphatic rings. The van der Waals surface area contributed by atoms with Crippen molar-refractivity contribution in [1.29, 1.82) is 0 Å². The number of nitrogens with one attached hydrogen (secondary N) is 2. The van der Waals surface area contributed by atoms with E-state index in [0.29, 0.717) is 52.5 Å². The Labute approximate surface area is 382 Å². The Hall–Kier alpha value is -5.61. The standard InChI is InChI=1S/C54H62N8OS/c1-52(2,3)32-18-22-36-40(28-32)48-55-44(36)57-49-42-30-34(54(7,8)9)20-24-38(42)46(59-49)61-51-43-31-35(63-26-16-14-12-10-11-13-15-17-27-64)21-25-39(43)47(62-51)60-50-41-29-33(53(4,5)6)19-23-37(41)45(56-48)58-50/h18-25,28-31,64H,10-17,26-27H2,1-9H3,(H2,55,56,57,58,59,60,61,62). The second-order valence-corrected chi connectivity index (χ2v) is 21.2. The number of H-pyrrole nitrogens is 2. The molecular weight excluding hydrogens is 809 g/mol. The highest BCUT2D eigenvalue weighted by Crippen LogP contribution is 2.41. The maximum atomic E-state index is 6.41. The Morgan fingerprint density at radius 1 is 0.406 bits per heavy atom. The van der Waals surface area contributed by atoms with E-state index in [1.807, 2.05) is 6.07 Å². The average Bonchev–Trinajstić information content (AvgIpc) is 3.98. The van der Waals surface area contributed by atoms with E-state index in [0.717, 1.165) is 68.1 Å². The highest BCUT2D eigenvalue weighted by atomic mass is 32.1. The summed E-state index contributed by atoms with van der Waals surface area (Å²) in [6.45, 7) is 20.7. The lowest BCUT2D eigenvalue weighted by Gasteiger charge is -2.19. The molecule has 64 heavy (non-hydrogen) atoms. The van der Waals surface area contributed by atoms with Crippen LogP contribution in [0.5, 0.6) is 5.75 Å². The SMILES string of the molecule is CC(C)(C)c1ccc2c(c1)-c1nc-2nc2[nH]c(nc3nc(nc4[nH]c(n1)c1ccc(OCCCCCCCCCCS)cc41)-c1ccc(C(C)(C)C)cc1-3)c1ccc(C(C)(C)C)cc21. The molecule has 0 saturated heterocycles. The van der Waals surface area contributed by atoms with Gasteiger partial charge in [0, 0.05) is 43.8 Å². The van der Waals surface area contributed by atoms with E-state index < -0.39 is 0 Å². The van der Waals surface area contributed by atoms with Crippen molar-refractivity contribution in [2.45, 2.75) is 130 Å². The molecule has 2 N–H and O–H groups in total. The third-order valence-electron chi connectivity index (χ3n) is 12.7. The number of hydrogen-bond donors (Lipinski definition) is 3. The van der Waals surface area contributed by atoms with Crippen molar-refractivity contribution in [2.75, 3.05) is 12.4 Å². The molecule has 0 aliphatic carbocycles. The second-order valence-electron chi connectivity index (χ2n) is 20.7. The van der Waals surface area contributed by atoms with Gasteiger partial charge in [-0.3, -0.25) is 0 Å². The largest absolute Gasteiger partial charge is 0.494 e. The summed E-state index contributed by atoms with van der Waals surface area (Å²) in [4.78, 5) is 39.0. The highest BCUT2D eigenvalue weighted by Gasteiger charge is 2.26. The summed E-state index contributed by atoms with van der Waals surface area (Å²) in [6, 6.07) is 25.9. The minimum Gasteiger partial charge on any atom is -0.494 e. The van der Waals surface area contributed by atoms with Crippen molar-refractivity contribution in [3.05, 3.63) is 89.5 Å². The molecule has 9 rings (SSSR count). The fourth-order valence-corrected chi connectivity index (χ4v) is 8.95. The summed E-state index contributed by atoms with van der Waals surface area (Å²) in [7, 11) is 0. The number of thiol groups is 1. The van der Waals surface area contributed by atoms with Gasteiger partial charge in [0.05, 0.1) is 6.61 Å². The van der Waals surface area contributed by atoms with Crippen molar-refractivity contribution in [2.24, 2.45) is 0 Å². The predicted octanol–water partition coefficient (Wildman–Crippen LogP) is 14.2. The van der Waals surface area contributed by atoms with Crippen LogP contribution >= 0.6 is 12.6 Å². The van der Waals surface area contributed by atoms with Crippen LogP contribution in [-0.4, -0.2) is 52.2 Å². The summed E-state index contributed by atoms with van der Waals surface area (Å²) >= 11 is 4.34. The van der Waals surface area contributed by atoms with Crippen molar-refractivity contribution < 1.29 is 4.74 Å². The van der Waals surface area contributed by atoms with Gasteiger partial charge >= 0.3 is 0 Å². The number of rotatable bonds is 11. The molecule has 4 aromatic carbocycles. The van der Waals surface area contributed by atoms with E-state index in [-0.39, 0.29) is 16.2 Å². The summed E-state index contributed by atoms with van der Waals surface area (Å²) in [5, 5.41) is 3.74. The van der Waals surface area contributed by atoms with Gasteiger partial charge in [-0.25, -0.2) is 29.9 Å². The van der Waals surface area contributed by atoms with Crippen molar-refractivity contribution in [3.8, 4) is 51.3 Å². The summed E-state index contributed by atoms with van der Waals surface area (Å²) in [5.74, 6) is 4.15. The smallest absolute Gasteiger partial charge is 0.164 e. The van der Waals surface area contributed by atoms with Gasteiger partial charge in [0.2, 0.25) is 0 Å². The predicted molar refractivity (Wildman–Crippen MR) is 268 cm³/mol. The van der Waals surface area contributed by atoms with E-state index in [9.17, 15) is 0 Å². The number of ether oxygens (including phenoxy) is 1. The first kappa shape index (κ1) is 43.6. The maximum absolute atomic E-state index is 6.41. The first-order chi connectivity index (χ1) is 30.5. The Morgan fingerprint density at radius 2 is 0.797 bits per heavy atom. The lowest BCUT2D eigenvalue weighted by atomic mass is 9.85. The number of hydrogen-bond acceptors (Lipinski definition) is 8. The average molecular weight is 871 g/mol. The fraction of sp³-hybridized carbons (Fsp3) is 0.407. The molecule has 3 aromatic heterocycles. The number of aromatic amines is 2. The minimum absolute atomic E-state index is 0.0746. The van der Waals surface area contributed by atoms with Gasteiger partial charge < -0.3 is 14.7 Å². The van der Waals surface area contributed by atoms with E-state index in [1.54, 1.807) is 0 Å². The molecule has 2 aliphatic heterocycles.